The maximum atomic E-state index is 12.5. The van der Waals surface area contributed by atoms with Gasteiger partial charge in [-0.05, 0) is 45.7 Å². The van der Waals surface area contributed by atoms with E-state index in [1.807, 2.05) is 0 Å². The molecule has 2 rings (SSSR count). The van der Waals surface area contributed by atoms with Crippen LogP contribution in [0.25, 0.3) is 0 Å². The Hall–Kier alpha value is -2.45. The highest BCUT2D eigenvalue weighted by molar-refractivity contribution is 5.97. The average molecular weight is 374 g/mol. The van der Waals surface area contributed by atoms with Crippen molar-refractivity contribution < 1.29 is 32.2 Å². The second kappa shape index (κ2) is 7.43. The van der Waals surface area contributed by atoms with E-state index in [1.54, 1.807) is 20.8 Å². The van der Waals surface area contributed by atoms with Crippen LogP contribution in [0.5, 0.6) is 5.75 Å². The van der Waals surface area contributed by atoms with Crippen LogP contribution in [0, 0.1) is 0 Å². The van der Waals surface area contributed by atoms with Gasteiger partial charge in [0.2, 0.25) is 5.91 Å². The molecule has 1 heterocycles. The topological polar surface area (TPSA) is 67.9 Å². The normalized spacial score (nSPS) is 17.8. The van der Waals surface area contributed by atoms with Crippen LogP contribution in [0.3, 0.4) is 0 Å². The van der Waals surface area contributed by atoms with Gasteiger partial charge in [-0.25, -0.2) is 4.79 Å². The van der Waals surface area contributed by atoms with Crippen LogP contribution in [-0.4, -0.2) is 41.5 Å². The molecule has 1 aliphatic heterocycles. The molecule has 144 valence electrons. The van der Waals surface area contributed by atoms with Gasteiger partial charge in [0.05, 0.1) is 0 Å². The third-order valence-electron chi connectivity index (χ3n) is 3.52. The van der Waals surface area contributed by atoms with Crippen molar-refractivity contribution in [3.05, 3.63) is 24.3 Å². The molecule has 1 saturated heterocycles. The molecule has 1 atom stereocenters. The third kappa shape index (κ3) is 5.82. The first kappa shape index (κ1) is 19.9. The highest BCUT2D eigenvalue weighted by Crippen LogP contribution is 2.26. The fourth-order valence-electron chi connectivity index (χ4n) is 2.57. The second-order valence-electron chi connectivity index (χ2n) is 6.90. The molecule has 6 nitrogen and oxygen atoms in total. The van der Waals surface area contributed by atoms with Gasteiger partial charge in [0.1, 0.15) is 17.4 Å². The fraction of sp³-hybridized carbons (Fsp3) is 0.529. The Labute approximate surface area is 149 Å². The highest BCUT2D eigenvalue weighted by Gasteiger charge is 2.36. The number of carbonyl (C=O) groups excluding carboxylic acids is 2. The molecule has 26 heavy (non-hydrogen) atoms. The first-order valence-electron chi connectivity index (χ1n) is 8.11. The van der Waals surface area contributed by atoms with Crippen molar-refractivity contribution in [1.82, 2.24) is 4.90 Å². The van der Waals surface area contributed by atoms with Crippen LogP contribution in [0.1, 0.15) is 33.6 Å². The largest absolute Gasteiger partial charge is 0.573 e. The van der Waals surface area contributed by atoms with Gasteiger partial charge in [0.15, 0.2) is 0 Å². The fourth-order valence-corrected chi connectivity index (χ4v) is 2.57. The lowest BCUT2D eigenvalue weighted by Crippen LogP contribution is -2.45. The number of nitrogens with one attached hydrogen (secondary N) is 1. The van der Waals surface area contributed by atoms with E-state index in [1.165, 1.54) is 17.0 Å². The van der Waals surface area contributed by atoms with E-state index in [-0.39, 0.29) is 5.69 Å². The van der Waals surface area contributed by atoms with Gasteiger partial charge in [-0.15, -0.1) is 13.2 Å². The van der Waals surface area contributed by atoms with E-state index in [4.69, 9.17) is 4.74 Å². The lowest BCUT2D eigenvalue weighted by molar-refractivity contribution is -0.274. The molecular formula is C17H21F3N2O4. The molecule has 1 aliphatic rings. The van der Waals surface area contributed by atoms with E-state index in [2.05, 4.69) is 10.1 Å². The van der Waals surface area contributed by atoms with Crippen molar-refractivity contribution in [2.75, 3.05) is 11.9 Å². The summed E-state index contributed by atoms with van der Waals surface area (Å²) in [6, 6.07) is 4.23. The zero-order valence-electron chi connectivity index (χ0n) is 14.7. The minimum Gasteiger partial charge on any atom is -0.444 e. The Morgan fingerprint density at radius 2 is 1.92 bits per heavy atom. The van der Waals surface area contributed by atoms with Crippen LogP contribution < -0.4 is 10.1 Å². The first-order chi connectivity index (χ1) is 11.9. The lowest BCUT2D eigenvalue weighted by Gasteiger charge is -2.28. The van der Waals surface area contributed by atoms with Crippen LogP contribution in [0.15, 0.2) is 24.3 Å². The molecule has 0 aromatic heterocycles. The molecule has 1 unspecified atom stereocenters. The van der Waals surface area contributed by atoms with E-state index in [0.29, 0.717) is 19.4 Å². The molecule has 9 heteroatoms. The number of nitrogens with zero attached hydrogens (tertiary/aromatic N) is 1. The number of amides is 2. The Bertz CT molecular complexity index is 671. The quantitative estimate of drug-likeness (QED) is 0.871. The standard InChI is InChI=1S/C17H21F3N2O4/c1-16(2,3)26-15(24)22-9-5-8-13(22)14(23)21-11-6-4-7-12(10-11)25-17(18,19)20/h4,6-7,10,13H,5,8-9H2,1-3H3,(H,21,23). The van der Waals surface area contributed by atoms with Gasteiger partial charge in [-0.2, -0.15) is 0 Å². The molecule has 0 spiro atoms. The summed E-state index contributed by atoms with van der Waals surface area (Å²) in [4.78, 5) is 26.0. The van der Waals surface area contributed by atoms with Gasteiger partial charge in [0.25, 0.3) is 0 Å². The molecule has 0 saturated carbocycles. The zero-order valence-corrected chi connectivity index (χ0v) is 14.7. The van der Waals surface area contributed by atoms with Crippen molar-refractivity contribution in [3.8, 4) is 5.75 Å². The number of halogens is 3. The Balaban J connectivity index is 2.04. The number of hydrogen-bond acceptors (Lipinski definition) is 4. The smallest absolute Gasteiger partial charge is 0.444 e. The van der Waals surface area contributed by atoms with E-state index in [0.717, 1.165) is 12.1 Å². The lowest BCUT2D eigenvalue weighted by atomic mass is 10.2. The summed E-state index contributed by atoms with van der Waals surface area (Å²) in [6.07, 6.45) is -4.33. The van der Waals surface area contributed by atoms with Crippen LogP contribution >= 0.6 is 0 Å². The predicted octanol–water partition coefficient (Wildman–Crippen LogP) is 3.92. The Morgan fingerprint density at radius 3 is 2.54 bits per heavy atom. The maximum absolute atomic E-state index is 12.5. The van der Waals surface area contributed by atoms with Crippen molar-refractivity contribution in [2.24, 2.45) is 0 Å². The average Bonchev–Trinajstić information content (AvgIpc) is 2.93. The van der Waals surface area contributed by atoms with Crippen LogP contribution in [0.2, 0.25) is 0 Å². The van der Waals surface area contributed by atoms with Gasteiger partial charge in [-0.3, -0.25) is 9.69 Å². The van der Waals surface area contributed by atoms with E-state index < -0.39 is 35.8 Å². The summed E-state index contributed by atoms with van der Waals surface area (Å²) in [5, 5.41) is 2.52. The second-order valence-corrected chi connectivity index (χ2v) is 6.90. The minimum atomic E-state index is -4.82. The van der Waals surface area contributed by atoms with Gasteiger partial charge < -0.3 is 14.8 Å². The molecular weight excluding hydrogens is 353 g/mol. The highest BCUT2D eigenvalue weighted by atomic mass is 19.4. The summed E-state index contributed by atoms with van der Waals surface area (Å²) >= 11 is 0. The SMILES string of the molecule is CC(C)(C)OC(=O)N1CCCC1C(=O)Nc1cccc(OC(F)(F)F)c1. The molecule has 0 radical (unpaired) electrons. The number of ether oxygens (including phenoxy) is 2. The molecule has 1 N–H and O–H groups in total. The molecule has 1 fully saturated rings. The van der Waals surface area contributed by atoms with Crippen molar-refractivity contribution in [2.45, 2.75) is 51.6 Å². The number of likely N-dealkylation sites (tertiary alicyclic amines) is 1. The van der Waals surface area contributed by atoms with Gasteiger partial charge >= 0.3 is 12.5 Å². The Morgan fingerprint density at radius 1 is 1.23 bits per heavy atom. The zero-order chi connectivity index (χ0) is 19.5. The van der Waals surface area contributed by atoms with Crippen molar-refractivity contribution >= 4 is 17.7 Å². The summed E-state index contributed by atoms with van der Waals surface area (Å²) in [5.74, 6) is -0.928. The molecule has 2 amide bonds. The Kier molecular flexibility index (Phi) is 5.68. The summed E-state index contributed by atoms with van der Waals surface area (Å²) in [6.45, 7) is 5.55. The summed E-state index contributed by atoms with van der Waals surface area (Å²) < 4.78 is 46.0. The summed E-state index contributed by atoms with van der Waals surface area (Å²) in [7, 11) is 0. The van der Waals surface area contributed by atoms with E-state index in [9.17, 15) is 22.8 Å². The predicted molar refractivity (Wildman–Crippen MR) is 87.7 cm³/mol. The van der Waals surface area contributed by atoms with Crippen molar-refractivity contribution in [1.29, 1.82) is 0 Å². The number of anilines is 1. The number of alkyl halides is 3. The number of hydrogen-bond donors (Lipinski definition) is 1. The van der Waals surface area contributed by atoms with E-state index >= 15 is 0 Å². The van der Waals surface area contributed by atoms with Crippen LogP contribution in [-0.2, 0) is 9.53 Å². The first-order valence-corrected chi connectivity index (χ1v) is 8.11. The van der Waals surface area contributed by atoms with Crippen LogP contribution in [0.4, 0.5) is 23.7 Å². The van der Waals surface area contributed by atoms with Gasteiger partial charge in [0, 0.05) is 18.3 Å². The third-order valence-corrected chi connectivity index (χ3v) is 3.52. The molecule has 1 aromatic rings. The number of rotatable bonds is 3. The summed E-state index contributed by atoms with van der Waals surface area (Å²) in [5.41, 5.74) is -0.544. The molecule has 0 aliphatic carbocycles. The molecule has 1 aromatic carbocycles. The van der Waals surface area contributed by atoms with Gasteiger partial charge in [-0.1, -0.05) is 6.07 Å². The van der Waals surface area contributed by atoms with Crippen molar-refractivity contribution in [3.63, 3.8) is 0 Å². The monoisotopic (exact) mass is 374 g/mol. The number of carbonyl (C=O) groups is 2. The minimum absolute atomic E-state index is 0.146. The maximum Gasteiger partial charge on any atom is 0.573 e. The number of benzene rings is 1. The molecule has 0 bridgehead atoms.